The zero-order valence-electron chi connectivity index (χ0n) is 12.1. The van der Waals surface area contributed by atoms with E-state index in [9.17, 15) is 5.26 Å². The van der Waals surface area contributed by atoms with Crippen molar-refractivity contribution in [2.45, 2.75) is 32.8 Å². The third-order valence-corrected chi connectivity index (χ3v) is 3.07. The Hall–Kier alpha value is -2.34. The molecular formula is C17H18N2O. The predicted octanol–water partition coefficient (Wildman–Crippen LogP) is 3.83. The molecule has 0 aliphatic rings. The van der Waals surface area contributed by atoms with Crippen LogP contribution in [-0.2, 0) is 12.0 Å². The largest absolute Gasteiger partial charge is 0.486 e. The first-order valence-corrected chi connectivity index (χ1v) is 6.58. The maximum atomic E-state index is 9.26. The highest BCUT2D eigenvalue weighted by molar-refractivity contribution is 5.47. The van der Waals surface area contributed by atoms with Gasteiger partial charge in [-0.15, -0.1) is 0 Å². The summed E-state index contributed by atoms with van der Waals surface area (Å²) >= 11 is 0. The second-order valence-electron chi connectivity index (χ2n) is 5.68. The zero-order chi connectivity index (χ0) is 14.6. The summed E-state index contributed by atoms with van der Waals surface area (Å²) in [6, 6.07) is 13.6. The molecule has 0 aliphatic carbocycles. The van der Waals surface area contributed by atoms with E-state index in [1.807, 2.05) is 36.4 Å². The van der Waals surface area contributed by atoms with E-state index in [1.165, 1.54) is 0 Å². The lowest BCUT2D eigenvalue weighted by molar-refractivity contribution is 0.300. The smallest absolute Gasteiger partial charge is 0.137 e. The lowest BCUT2D eigenvalue weighted by Crippen LogP contribution is -2.11. The van der Waals surface area contributed by atoms with Crippen LogP contribution >= 0.6 is 0 Å². The van der Waals surface area contributed by atoms with Gasteiger partial charge in [-0.25, -0.2) is 0 Å². The van der Waals surface area contributed by atoms with Crippen LogP contribution in [0.4, 0.5) is 0 Å². The average Bonchev–Trinajstić information content (AvgIpc) is 2.45. The fourth-order valence-corrected chi connectivity index (χ4v) is 1.84. The number of rotatable bonds is 3. The Labute approximate surface area is 119 Å². The van der Waals surface area contributed by atoms with E-state index in [-0.39, 0.29) is 5.41 Å². The molecule has 0 unspecified atom stereocenters. The molecule has 1 aromatic heterocycles. The molecule has 0 bridgehead atoms. The van der Waals surface area contributed by atoms with Gasteiger partial charge in [-0.2, -0.15) is 5.26 Å². The van der Waals surface area contributed by atoms with Crippen molar-refractivity contribution in [2.75, 3.05) is 0 Å². The Morgan fingerprint density at radius 1 is 1.20 bits per heavy atom. The molecule has 0 atom stereocenters. The highest BCUT2D eigenvalue weighted by Gasteiger charge is 2.16. The van der Waals surface area contributed by atoms with Crippen LogP contribution in [0.15, 0.2) is 42.6 Å². The number of hydrogen-bond donors (Lipinski definition) is 0. The Kier molecular flexibility index (Phi) is 4.05. The molecule has 3 heteroatoms. The van der Waals surface area contributed by atoms with Gasteiger partial charge < -0.3 is 4.74 Å². The molecule has 1 heterocycles. The summed E-state index contributed by atoms with van der Waals surface area (Å²) in [4.78, 5) is 4.20. The van der Waals surface area contributed by atoms with E-state index >= 15 is 0 Å². The Bertz CT molecular complexity index is 622. The average molecular weight is 266 g/mol. The van der Waals surface area contributed by atoms with Crippen LogP contribution in [0.1, 0.15) is 37.6 Å². The highest BCUT2D eigenvalue weighted by Crippen LogP contribution is 2.27. The van der Waals surface area contributed by atoms with Gasteiger partial charge in [0.25, 0.3) is 0 Å². The van der Waals surface area contributed by atoms with Gasteiger partial charge >= 0.3 is 0 Å². The number of benzene rings is 1. The monoisotopic (exact) mass is 266 g/mol. The summed E-state index contributed by atoms with van der Waals surface area (Å²) < 4.78 is 5.70. The fraction of sp³-hybridized carbons (Fsp3) is 0.294. The fourth-order valence-electron chi connectivity index (χ4n) is 1.84. The number of pyridine rings is 1. The van der Waals surface area contributed by atoms with E-state index in [1.54, 1.807) is 6.20 Å². The predicted molar refractivity (Wildman–Crippen MR) is 78.4 cm³/mol. The van der Waals surface area contributed by atoms with Gasteiger partial charge in [-0.1, -0.05) is 32.9 Å². The van der Waals surface area contributed by atoms with Crippen LogP contribution in [0.2, 0.25) is 0 Å². The number of aromatic nitrogens is 1. The van der Waals surface area contributed by atoms with Gasteiger partial charge in [0.05, 0.1) is 11.3 Å². The lowest BCUT2D eigenvalue weighted by Gasteiger charge is -2.20. The second kappa shape index (κ2) is 5.75. The van der Waals surface area contributed by atoms with E-state index in [0.29, 0.717) is 17.9 Å². The van der Waals surface area contributed by atoms with Crippen molar-refractivity contribution in [2.24, 2.45) is 0 Å². The van der Waals surface area contributed by atoms with E-state index < -0.39 is 0 Å². The van der Waals surface area contributed by atoms with Crippen LogP contribution in [0.5, 0.6) is 5.75 Å². The van der Waals surface area contributed by atoms with Crippen molar-refractivity contribution >= 4 is 0 Å². The number of nitrogens with zero attached hydrogens (tertiary/aromatic N) is 2. The SMILES string of the molecule is CC(C)(C)c1ccc(OCc2ccccn2)c(C#N)c1. The van der Waals surface area contributed by atoms with Crippen LogP contribution in [-0.4, -0.2) is 4.98 Å². The second-order valence-corrected chi connectivity index (χ2v) is 5.68. The zero-order valence-corrected chi connectivity index (χ0v) is 12.1. The van der Waals surface area contributed by atoms with E-state index in [2.05, 4.69) is 31.8 Å². The summed E-state index contributed by atoms with van der Waals surface area (Å²) in [5.74, 6) is 0.603. The summed E-state index contributed by atoms with van der Waals surface area (Å²) in [7, 11) is 0. The van der Waals surface area contributed by atoms with Crippen molar-refractivity contribution in [1.29, 1.82) is 5.26 Å². The molecule has 3 nitrogen and oxygen atoms in total. The Morgan fingerprint density at radius 2 is 2.00 bits per heavy atom. The Morgan fingerprint density at radius 3 is 2.60 bits per heavy atom. The third kappa shape index (κ3) is 3.36. The van der Waals surface area contributed by atoms with Gasteiger partial charge in [-0.3, -0.25) is 4.98 Å². The van der Waals surface area contributed by atoms with E-state index in [4.69, 9.17) is 4.74 Å². The molecule has 2 rings (SSSR count). The van der Waals surface area contributed by atoms with Gasteiger partial charge in [0.15, 0.2) is 0 Å². The maximum Gasteiger partial charge on any atom is 0.137 e. The van der Waals surface area contributed by atoms with Crippen molar-refractivity contribution in [3.63, 3.8) is 0 Å². The first-order valence-electron chi connectivity index (χ1n) is 6.58. The molecule has 0 radical (unpaired) electrons. The van der Waals surface area contributed by atoms with Gasteiger partial charge in [-0.05, 0) is 35.2 Å². The molecule has 102 valence electrons. The molecule has 0 saturated carbocycles. The van der Waals surface area contributed by atoms with E-state index in [0.717, 1.165) is 11.3 Å². The standard InChI is InChI=1S/C17H18N2O/c1-17(2,3)14-7-8-16(13(10-14)11-18)20-12-15-6-4-5-9-19-15/h4-10H,12H2,1-3H3. The van der Waals surface area contributed by atoms with Crippen molar-refractivity contribution in [3.05, 3.63) is 59.4 Å². The molecule has 2 aromatic rings. The summed E-state index contributed by atoms with van der Waals surface area (Å²) in [6.45, 7) is 6.73. The molecule has 0 N–H and O–H groups in total. The summed E-state index contributed by atoms with van der Waals surface area (Å²) in [5, 5.41) is 9.26. The molecule has 0 aliphatic heterocycles. The van der Waals surface area contributed by atoms with Crippen molar-refractivity contribution in [3.8, 4) is 11.8 Å². The molecule has 1 aromatic carbocycles. The molecule has 0 saturated heterocycles. The molecule has 20 heavy (non-hydrogen) atoms. The Balaban J connectivity index is 2.19. The topological polar surface area (TPSA) is 45.9 Å². The quantitative estimate of drug-likeness (QED) is 0.848. The van der Waals surface area contributed by atoms with Crippen molar-refractivity contribution < 1.29 is 4.74 Å². The van der Waals surface area contributed by atoms with Crippen LogP contribution in [0.3, 0.4) is 0 Å². The van der Waals surface area contributed by atoms with Crippen LogP contribution < -0.4 is 4.74 Å². The first kappa shape index (κ1) is 14.1. The lowest BCUT2D eigenvalue weighted by atomic mass is 9.86. The van der Waals surface area contributed by atoms with Gasteiger partial charge in [0, 0.05) is 6.20 Å². The first-order chi connectivity index (χ1) is 9.50. The van der Waals surface area contributed by atoms with Crippen LogP contribution in [0, 0.1) is 11.3 Å². The number of hydrogen-bond acceptors (Lipinski definition) is 3. The number of ether oxygens (including phenoxy) is 1. The minimum atomic E-state index is 0.0190. The molecular weight excluding hydrogens is 248 g/mol. The summed E-state index contributed by atoms with van der Waals surface area (Å²) in [5.41, 5.74) is 2.55. The molecule has 0 spiro atoms. The molecule has 0 amide bonds. The summed E-state index contributed by atoms with van der Waals surface area (Å²) in [6.07, 6.45) is 1.73. The minimum Gasteiger partial charge on any atom is -0.486 e. The minimum absolute atomic E-state index is 0.0190. The third-order valence-electron chi connectivity index (χ3n) is 3.07. The molecule has 0 fully saturated rings. The van der Waals surface area contributed by atoms with Gasteiger partial charge in [0.1, 0.15) is 18.4 Å². The highest BCUT2D eigenvalue weighted by atomic mass is 16.5. The van der Waals surface area contributed by atoms with Gasteiger partial charge in [0.2, 0.25) is 0 Å². The van der Waals surface area contributed by atoms with Crippen molar-refractivity contribution in [1.82, 2.24) is 4.98 Å². The van der Waals surface area contributed by atoms with Crippen LogP contribution in [0.25, 0.3) is 0 Å². The normalized spacial score (nSPS) is 10.9. The number of nitriles is 1. The maximum absolute atomic E-state index is 9.26.